The minimum atomic E-state index is -0.920. The molecular weight excluding hydrogens is 228 g/mol. The Hall–Kier alpha value is -1.95. The van der Waals surface area contributed by atoms with Crippen molar-refractivity contribution in [3.05, 3.63) is 35.9 Å². The molecule has 0 bridgehead atoms. The van der Waals surface area contributed by atoms with E-state index in [2.05, 4.69) is 5.92 Å². The summed E-state index contributed by atoms with van der Waals surface area (Å²) in [5.41, 5.74) is 0.301. The fraction of sp³-hybridized carbons (Fsp3) is 0.400. The fourth-order valence-electron chi connectivity index (χ4n) is 1.34. The summed E-state index contributed by atoms with van der Waals surface area (Å²) in [7, 11) is 0. The second kappa shape index (κ2) is 6.70. The zero-order valence-electron chi connectivity index (χ0n) is 10.8. The van der Waals surface area contributed by atoms with Gasteiger partial charge in [-0.25, -0.2) is 4.79 Å². The lowest BCUT2D eigenvalue weighted by Gasteiger charge is -2.17. The van der Waals surface area contributed by atoms with Gasteiger partial charge in [0.05, 0.1) is 6.61 Å². The number of carbonyl (C=O) groups is 1. The van der Waals surface area contributed by atoms with Crippen molar-refractivity contribution in [3.8, 4) is 12.3 Å². The van der Waals surface area contributed by atoms with Gasteiger partial charge in [0.2, 0.25) is 0 Å². The van der Waals surface area contributed by atoms with Crippen LogP contribution in [-0.4, -0.2) is 18.4 Å². The lowest BCUT2D eigenvalue weighted by Crippen LogP contribution is -2.26. The predicted molar refractivity (Wildman–Crippen MR) is 70.1 cm³/mol. The monoisotopic (exact) mass is 246 g/mol. The molecule has 0 heterocycles. The summed E-state index contributed by atoms with van der Waals surface area (Å²) < 4.78 is 9.89. The first-order valence-electron chi connectivity index (χ1n) is 5.91. The van der Waals surface area contributed by atoms with E-state index in [0.29, 0.717) is 6.61 Å². The molecule has 1 aromatic carbocycles. The van der Waals surface area contributed by atoms with Crippen molar-refractivity contribution in [2.24, 2.45) is 0 Å². The lowest BCUT2D eigenvalue weighted by molar-refractivity contribution is 0.00952. The molecule has 3 nitrogen and oxygen atoms in total. The number of hydrogen-bond donors (Lipinski definition) is 0. The number of rotatable bonds is 5. The number of hydrogen-bond acceptors (Lipinski definition) is 3. The van der Waals surface area contributed by atoms with Gasteiger partial charge in [0.15, 0.2) is 5.60 Å². The van der Waals surface area contributed by atoms with Crippen molar-refractivity contribution < 1.29 is 14.3 Å². The second-order valence-corrected chi connectivity index (χ2v) is 4.44. The van der Waals surface area contributed by atoms with Gasteiger partial charge in [0, 0.05) is 0 Å². The molecule has 0 aliphatic rings. The SMILES string of the molecule is C#CC(C)(C)OC(=O)OCCCc1ccccc1. The summed E-state index contributed by atoms with van der Waals surface area (Å²) in [4.78, 5) is 11.3. The predicted octanol–water partition coefficient (Wildman–Crippen LogP) is 3.18. The van der Waals surface area contributed by atoms with E-state index in [1.54, 1.807) is 13.8 Å². The summed E-state index contributed by atoms with van der Waals surface area (Å²) in [6, 6.07) is 10.0. The van der Waals surface area contributed by atoms with Crippen LogP contribution in [0, 0.1) is 12.3 Å². The average Bonchev–Trinajstić information content (AvgIpc) is 2.35. The maximum absolute atomic E-state index is 11.3. The van der Waals surface area contributed by atoms with Crippen LogP contribution in [0.25, 0.3) is 0 Å². The molecule has 0 fully saturated rings. The molecule has 96 valence electrons. The third kappa shape index (κ3) is 5.40. The van der Waals surface area contributed by atoms with Gasteiger partial charge in [-0.05, 0) is 32.3 Å². The Morgan fingerprint density at radius 2 is 2.00 bits per heavy atom. The van der Waals surface area contributed by atoms with E-state index >= 15 is 0 Å². The topological polar surface area (TPSA) is 35.5 Å². The highest BCUT2D eigenvalue weighted by Gasteiger charge is 2.20. The summed E-state index contributed by atoms with van der Waals surface area (Å²) in [5.74, 6) is 2.37. The fourth-order valence-corrected chi connectivity index (χ4v) is 1.34. The van der Waals surface area contributed by atoms with Crippen LogP contribution >= 0.6 is 0 Å². The van der Waals surface area contributed by atoms with Gasteiger partial charge in [-0.3, -0.25) is 0 Å². The molecule has 0 aliphatic carbocycles. The molecule has 1 aromatic rings. The number of terminal acetylenes is 1. The Morgan fingerprint density at radius 3 is 2.61 bits per heavy atom. The van der Waals surface area contributed by atoms with Crippen LogP contribution in [0.15, 0.2) is 30.3 Å². The molecule has 0 spiro atoms. The first-order chi connectivity index (χ1) is 8.53. The third-order valence-corrected chi connectivity index (χ3v) is 2.36. The molecule has 0 atom stereocenters. The standard InChI is InChI=1S/C15H18O3/c1-4-15(2,3)18-14(16)17-12-8-11-13-9-6-5-7-10-13/h1,5-7,9-10H,8,11-12H2,2-3H3. The quantitative estimate of drug-likeness (QED) is 0.455. The van der Waals surface area contributed by atoms with Crippen molar-refractivity contribution in [1.29, 1.82) is 0 Å². The van der Waals surface area contributed by atoms with Crippen LogP contribution in [0.3, 0.4) is 0 Å². The van der Waals surface area contributed by atoms with Crippen molar-refractivity contribution in [2.75, 3.05) is 6.61 Å². The van der Waals surface area contributed by atoms with E-state index in [1.807, 2.05) is 30.3 Å². The molecule has 0 unspecified atom stereocenters. The summed E-state index contributed by atoms with van der Waals surface area (Å²) in [6.07, 6.45) is 6.11. The van der Waals surface area contributed by atoms with E-state index < -0.39 is 11.8 Å². The number of benzene rings is 1. The summed E-state index contributed by atoms with van der Waals surface area (Å²) in [5, 5.41) is 0. The molecular formula is C15H18O3. The number of carbonyl (C=O) groups excluding carboxylic acids is 1. The molecule has 0 aromatic heterocycles. The van der Waals surface area contributed by atoms with Crippen LogP contribution in [-0.2, 0) is 15.9 Å². The van der Waals surface area contributed by atoms with Crippen molar-refractivity contribution in [1.82, 2.24) is 0 Å². The van der Waals surface area contributed by atoms with Gasteiger partial charge in [-0.1, -0.05) is 36.3 Å². The van der Waals surface area contributed by atoms with Crippen LogP contribution in [0.1, 0.15) is 25.8 Å². The Kier molecular flexibility index (Phi) is 5.26. The van der Waals surface area contributed by atoms with Gasteiger partial charge >= 0.3 is 6.16 Å². The summed E-state index contributed by atoms with van der Waals surface area (Å²) in [6.45, 7) is 3.60. The Bertz CT molecular complexity index is 415. The van der Waals surface area contributed by atoms with E-state index in [0.717, 1.165) is 12.8 Å². The zero-order chi connectivity index (χ0) is 13.4. The maximum Gasteiger partial charge on any atom is 0.509 e. The number of aryl methyl sites for hydroxylation is 1. The first kappa shape index (κ1) is 14.1. The van der Waals surface area contributed by atoms with Crippen LogP contribution in [0.2, 0.25) is 0 Å². The largest absolute Gasteiger partial charge is 0.509 e. The molecule has 0 amide bonds. The Morgan fingerprint density at radius 1 is 1.33 bits per heavy atom. The van der Waals surface area contributed by atoms with E-state index in [-0.39, 0.29) is 0 Å². The first-order valence-corrected chi connectivity index (χ1v) is 5.91. The van der Waals surface area contributed by atoms with E-state index in [9.17, 15) is 4.79 Å². The molecule has 0 saturated heterocycles. The van der Waals surface area contributed by atoms with Gasteiger partial charge in [-0.15, -0.1) is 6.42 Å². The average molecular weight is 246 g/mol. The van der Waals surface area contributed by atoms with Gasteiger partial charge in [0.1, 0.15) is 0 Å². The molecule has 18 heavy (non-hydrogen) atoms. The molecule has 3 heteroatoms. The molecule has 1 rings (SSSR count). The smallest absolute Gasteiger partial charge is 0.434 e. The van der Waals surface area contributed by atoms with Crippen LogP contribution in [0.5, 0.6) is 0 Å². The highest BCUT2D eigenvalue weighted by Crippen LogP contribution is 2.09. The zero-order valence-corrected chi connectivity index (χ0v) is 10.8. The number of ether oxygens (including phenoxy) is 2. The normalized spacial score (nSPS) is 10.5. The molecule has 0 N–H and O–H groups in total. The van der Waals surface area contributed by atoms with Gasteiger partial charge in [-0.2, -0.15) is 0 Å². The van der Waals surface area contributed by atoms with Gasteiger partial charge < -0.3 is 9.47 Å². The molecule has 0 aliphatic heterocycles. The van der Waals surface area contributed by atoms with Gasteiger partial charge in [0.25, 0.3) is 0 Å². The van der Waals surface area contributed by atoms with Crippen molar-refractivity contribution in [3.63, 3.8) is 0 Å². The minimum absolute atomic E-state index is 0.328. The Balaban J connectivity index is 2.19. The van der Waals surface area contributed by atoms with E-state index in [1.165, 1.54) is 5.56 Å². The highest BCUT2D eigenvalue weighted by atomic mass is 16.7. The van der Waals surface area contributed by atoms with Crippen LogP contribution < -0.4 is 0 Å². The second-order valence-electron chi connectivity index (χ2n) is 4.44. The van der Waals surface area contributed by atoms with E-state index in [4.69, 9.17) is 15.9 Å². The minimum Gasteiger partial charge on any atom is -0.434 e. The van der Waals surface area contributed by atoms with Crippen molar-refractivity contribution >= 4 is 6.16 Å². The summed E-state index contributed by atoms with van der Waals surface area (Å²) >= 11 is 0. The molecule has 0 radical (unpaired) electrons. The Labute approximate surface area is 108 Å². The maximum atomic E-state index is 11.3. The van der Waals surface area contributed by atoms with Crippen LogP contribution in [0.4, 0.5) is 4.79 Å². The van der Waals surface area contributed by atoms with Crippen molar-refractivity contribution in [2.45, 2.75) is 32.3 Å². The third-order valence-electron chi connectivity index (χ3n) is 2.36. The lowest BCUT2D eigenvalue weighted by atomic mass is 10.1. The molecule has 0 saturated carbocycles. The highest BCUT2D eigenvalue weighted by molar-refractivity contribution is 5.61.